The van der Waals surface area contributed by atoms with Crippen molar-refractivity contribution in [2.75, 3.05) is 18.2 Å². The summed E-state index contributed by atoms with van der Waals surface area (Å²) in [5.41, 5.74) is 1.01. The number of thioether (sulfide) groups is 1. The molecule has 0 saturated heterocycles. The highest BCUT2D eigenvalue weighted by atomic mass is 32.2. The van der Waals surface area contributed by atoms with Gasteiger partial charge in [-0.15, -0.1) is 10.2 Å². The first-order valence-corrected chi connectivity index (χ1v) is 10.2. The van der Waals surface area contributed by atoms with Crippen molar-refractivity contribution in [2.45, 2.75) is 18.2 Å². The molecule has 0 aliphatic heterocycles. The van der Waals surface area contributed by atoms with E-state index in [4.69, 9.17) is 4.74 Å². The first kappa shape index (κ1) is 21.4. The molecule has 0 radical (unpaired) electrons. The summed E-state index contributed by atoms with van der Waals surface area (Å²) in [4.78, 5) is 23.7. The number of para-hydroxylation sites is 1. The minimum atomic E-state index is -0.424. The number of carbonyl (C=O) groups is 2. The molecule has 1 aromatic heterocycles. The van der Waals surface area contributed by atoms with Gasteiger partial charge in [-0.3, -0.25) is 4.79 Å². The molecule has 0 spiro atoms. The Morgan fingerprint density at radius 3 is 2.47 bits per heavy atom. The van der Waals surface area contributed by atoms with Gasteiger partial charge in [-0.1, -0.05) is 30.0 Å². The van der Waals surface area contributed by atoms with Crippen LogP contribution in [0.5, 0.6) is 5.75 Å². The van der Waals surface area contributed by atoms with E-state index in [1.54, 1.807) is 24.3 Å². The van der Waals surface area contributed by atoms with Crippen LogP contribution in [-0.2, 0) is 16.6 Å². The number of benzene rings is 2. The third-order valence-corrected chi connectivity index (χ3v) is 5.23. The van der Waals surface area contributed by atoms with E-state index in [0.717, 1.165) is 5.75 Å². The lowest BCUT2D eigenvalue weighted by Crippen LogP contribution is -2.15. The van der Waals surface area contributed by atoms with Crippen molar-refractivity contribution in [1.29, 1.82) is 0 Å². The minimum Gasteiger partial charge on any atom is -0.483 e. The summed E-state index contributed by atoms with van der Waals surface area (Å²) in [6.45, 7) is 1.90. The van der Waals surface area contributed by atoms with Crippen LogP contribution < -0.4 is 10.1 Å². The molecule has 8 nitrogen and oxygen atoms in total. The van der Waals surface area contributed by atoms with E-state index >= 15 is 0 Å². The number of amides is 1. The lowest BCUT2D eigenvalue weighted by molar-refractivity contribution is -0.113. The van der Waals surface area contributed by atoms with Crippen LogP contribution in [0.15, 0.2) is 59.8 Å². The van der Waals surface area contributed by atoms with Gasteiger partial charge >= 0.3 is 5.97 Å². The molecule has 1 amide bonds. The van der Waals surface area contributed by atoms with E-state index in [1.807, 2.05) is 48.9 Å². The Morgan fingerprint density at radius 1 is 1.10 bits per heavy atom. The molecule has 0 bridgehead atoms. The minimum absolute atomic E-state index is 0.165. The van der Waals surface area contributed by atoms with Crippen LogP contribution >= 0.6 is 11.8 Å². The summed E-state index contributed by atoms with van der Waals surface area (Å²) in [5, 5.41) is 11.8. The number of methoxy groups -OCH3 is 1. The van der Waals surface area contributed by atoms with Crippen molar-refractivity contribution < 1.29 is 19.1 Å². The van der Waals surface area contributed by atoms with Gasteiger partial charge in [0, 0.05) is 12.7 Å². The number of aromatic nitrogens is 3. The molecule has 0 aliphatic rings. The lowest BCUT2D eigenvalue weighted by atomic mass is 10.2. The SMILES string of the molecule is COC(=O)c1ccc(NC(=O)CSc2nnc(C(C)Oc3ccccc3)n2C)cc1. The van der Waals surface area contributed by atoms with Gasteiger partial charge in [0.05, 0.1) is 18.4 Å². The molecule has 0 saturated carbocycles. The van der Waals surface area contributed by atoms with E-state index in [2.05, 4.69) is 20.3 Å². The predicted octanol–water partition coefficient (Wildman–Crippen LogP) is 3.47. The number of rotatable bonds is 8. The Labute approximate surface area is 178 Å². The summed E-state index contributed by atoms with van der Waals surface area (Å²) in [6, 6.07) is 16.0. The number of ether oxygens (including phenoxy) is 2. The predicted molar refractivity (Wildman–Crippen MR) is 114 cm³/mol. The Balaban J connectivity index is 1.54. The smallest absolute Gasteiger partial charge is 0.337 e. The van der Waals surface area contributed by atoms with Gasteiger partial charge in [-0.05, 0) is 43.3 Å². The van der Waals surface area contributed by atoms with Crippen molar-refractivity contribution >= 4 is 29.3 Å². The van der Waals surface area contributed by atoms with Gasteiger partial charge < -0.3 is 19.4 Å². The number of carbonyl (C=O) groups excluding carboxylic acids is 2. The van der Waals surface area contributed by atoms with Crippen LogP contribution in [0.2, 0.25) is 0 Å². The maximum atomic E-state index is 12.2. The largest absolute Gasteiger partial charge is 0.483 e. The number of hydrogen-bond acceptors (Lipinski definition) is 7. The van der Waals surface area contributed by atoms with Gasteiger partial charge in [-0.25, -0.2) is 4.79 Å². The van der Waals surface area contributed by atoms with E-state index in [9.17, 15) is 9.59 Å². The number of nitrogens with one attached hydrogen (secondary N) is 1. The zero-order valence-corrected chi connectivity index (χ0v) is 17.7. The molecule has 1 atom stereocenters. The van der Waals surface area contributed by atoms with Crippen molar-refractivity contribution in [3.8, 4) is 5.75 Å². The fourth-order valence-electron chi connectivity index (χ4n) is 2.70. The Bertz CT molecular complexity index is 1010. The highest BCUT2D eigenvalue weighted by Gasteiger charge is 2.18. The van der Waals surface area contributed by atoms with Gasteiger partial charge in [0.25, 0.3) is 0 Å². The second-order valence-corrected chi connectivity index (χ2v) is 7.32. The first-order valence-electron chi connectivity index (χ1n) is 9.20. The third kappa shape index (κ3) is 5.38. The maximum Gasteiger partial charge on any atom is 0.337 e. The molecule has 2 aromatic carbocycles. The standard InChI is InChI=1S/C21H22N4O4S/c1-14(29-17-7-5-4-6-8-17)19-23-24-21(25(19)2)30-13-18(26)22-16-11-9-15(10-12-16)20(27)28-3/h4-12,14H,13H2,1-3H3,(H,22,26). The van der Waals surface area contributed by atoms with Crippen molar-refractivity contribution in [3.05, 3.63) is 66.0 Å². The van der Waals surface area contributed by atoms with Gasteiger partial charge in [0.15, 0.2) is 17.1 Å². The Morgan fingerprint density at radius 2 is 1.80 bits per heavy atom. The zero-order valence-electron chi connectivity index (χ0n) is 16.9. The highest BCUT2D eigenvalue weighted by molar-refractivity contribution is 7.99. The van der Waals surface area contributed by atoms with Crippen LogP contribution in [0.1, 0.15) is 29.2 Å². The number of esters is 1. The van der Waals surface area contributed by atoms with Crippen molar-refractivity contribution in [3.63, 3.8) is 0 Å². The summed E-state index contributed by atoms with van der Waals surface area (Å²) in [7, 11) is 3.16. The van der Waals surface area contributed by atoms with Gasteiger partial charge in [0.1, 0.15) is 5.75 Å². The molecule has 1 N–H and O–H groups in total. The fraction of sp³-hybridized carbons (Fsp3) is 0.238. The zero-order chi connectivity index (χ0) is 21.5. The first-order chi connectivity index (χ1) is 14.5. The molecule has 9 heteroatoms. The topological polar surface area (TPSA) is 95.3 Å². The summed E-state index contributed by atoms with van der Waals surface area (Å²) in [6.07, 6.45) is -0.290. The number of nitrogens with zero attached hydrogens (tertiary/aromatic N) is 3. The number of hydrogen-bond donors (Lipinski definition) is 1. The van der Waals surface area contributed by atoms with E-state index in [0.29, 0.717) is 22.2 Å². The summed E-state index contributed by atoms with van der Waals surface area (Å²) in [5.74, 6) is 0.967. The van der Waals surface area contributed by atoms with E-state index < -0.39 is 5.97 Å². The maximum absolute atomic E-state index is 12.2. The van der Waals surface area contributed by atoms with Crippen molar-refractivity contribution in [1.82, 2.24) is 14.8 Å². The molecule has 0 fully saturated rings. The van der Waals surface area contributed by atoms with Gasteiger partial charge in [0.2, 0.25) is 5.91 Å². The van der Waals surface area contributed by atoms with Crippen molar-refractivity contribution in [2.24, 2.45) is 7.05 Å². The molecule has 156 valence electrons. The molecule has 3 aromatic rings. The second kappa shape index (κ2) is 9.93. The molecular weight excluding hydrogens is 404 g/mol. The molecule has 1 heterocycles. The lowest BCUT2D eigenvalue weighted by Gasteiger charge is -2.14. The average Bonchev–Trinajstić information content (AvgIpc) is 3.13. The molecule has 1 unspecified atom stereocenters. The monoisotopic (exact) mass is 426 g/mol. The summed E-state index contributed by atoms with van der Waals surface area (Å²) >= 11 is 1.28. The number of anilines is 1. The normalized spacial score (nSPS) is 11.6. The second-order valence-electron chi connectivity index (χ2n) is 6.38. The van der Waals surface area contributed by atoms with Crippen LogP contribution in [0.4, 0.5) is 5.69 Å². The quantitative estimate of drug-likeness (QED) is 0.435. The van der Waals surface area contributed by atoms with Crippen LogP contribution in [0, 0.1) is 0 Å². The van der Waals surface area contributed by atoms with E-state index in [1.165, 1.54) is 18.9 Å². The average molecular weight is 426 g/mol. The Hall–Kier alpha value is -3.33. The highest BCUT2D eigenvalue weighted by Crippen LogP contribution is 2.23. The molecular formula is C21H22N4O4S. The molecule has 0 aliphatic carbocycles. The van der Waals surface area contributed by atoms with Crippen LogP contribution in [0.3, 0.4) is 0 Å². The Kier molecular flexibility index (Phi) is 7.08. The third-order valence-electron chi connectivity index (χ3n) is 4.21. The fourth-order valence-corrected chi connectivity index (χ4v) is 3.41. The van der Waals surface area contributed by atoms with E-state index in [-0.39, 0.29) is 17.8 Å². The van der Waals surface area contributed by atoms with Crippen LogP contribution in [0.25, 0.3) is 0 Å². The van der Waals surface area contributed by atoms with Gasteiger partial charge in [-0.2, -0.15) is 0 Å². The molecule has 3 rings (SSSR count). The van der Waals surface area contributed by atoms with Crippen LogP contribution in [-0.4, -0.2) is 39.5 Å². The molecule has 30 heavy (non-hydrogen) atoms. The summed E-state index contributed by atoms with van der Waals surface area (Å²) < 4.78 is 12.4.